The third-order valence-corrected chi connectivity index (χ3v) is 5.22. The molecule has 0 bridgehead atoms. The number of anilines is 1. The van der Waals surface area contributed by atoms with Gasteiger partial charge in [0, 0.05) is 33.5 Å². The summed E-state index contributed by atoms with van der Waals surface area (Å²) in [6.07, 6.45) is 0. The Morgan fingerprint density at radius 2 is 1.37 bits per heavy atom. The molecule has 4 rings (SSSR count). The molecule has 0 saturated heterocycles. The number of rotatable bonds is 2. The molecule has 4 N–H and O–H groups in total. The predicted octanol–water partition coefficient (Wildman–Crippen LogP) is 6.63. The summed E-state index contributed by atoms with van der Waals surface area (Å²) in [6, 6.07) is 13.4. The van der Waals surface area contributed by atoms with E-state index in [9.17, 15) is 10.2 Å². The van der Waals surface area contributed by atoms with Crippen molar-refractivity contribution in [3.05, 3.63) is 64.7 Å². The van der Waals surface area contributed by atoms with E-state index in [1.165, 1.54) is 0 Å². The zero-order chi connectivity index (χ0) is 20.9. The van der Waals surface area contributed by atoms with Crippen LogP contribution in [-0.2, 0) is 17.1 Å². The van der Waals surface area contributed by atoms with Crippen molar-refractivity contribution in [3.63, 3.8) is 0 Å². The minimum Gasteiger partial charge on any atom is -0.505 e. The Kier molecular flexibility index (Phi) is 5.75. The van der Waals surface area contributed by atoms with Crippen LogP contribution in [-0.4, -0.2) is 10.2 Å². The number of azo groups is 1. The molecular formula is C24H23CuN3O2. The van der Waals surface area contributed by atoms with E-state index in [1.54, 1.807) is 6.07 Å². The van der Waals surface area contributed by atoms with Gasteiger partial charge in [-0.25, -0.2) is 0 Å². The fourth-order valence-electron chi connectivity index (χ4n) is 3.98. The van der Waals surface area contributed by atoms with Gasteiger partial charge in [0.15, 0.2) is 11.5 Å². The number of nitrogens with two attached hydrogens (primary N) is 1. The molecular weight excluding hydrogens is 426 g/mol. The largest absolute Gasteiger partial charge is 0.505 e. The van der Waals surface area contributed by atoms with Crippen molar-refractivity contribution in [2.75, 3.05) is 5.73 Å². The first-order chi connectivity index (χ1) is 13.8. The van der Waals surface area contributed by atoms with Crippen molar-refractivity contribution in [1.29, 1.82) is 0 Å². The Morgan fingerprint density at radius 1 is 0.700 bits per heavy atom. The molecule has 0 unspecified atom stereocenters. The number of hydrogen-bond donors (Lipinski definition) is 3. The second kappa shape index (κ2) is 7.98. The van der Waals surface area contributed by atoms with Crippen LogP contribution in [0.5, 0.6) is 11.5 Å². The Balaban J connectivity index is 0.00000256. The van der Waals surface area contributed by atoms with Gasteiger partial charge in [0.25, 0.3) is 0 Å². The van der Waals surface area contributed by atoms with Gasteiger partial charge in [-0.3, -0.25) is 0 Å². The number of nitrogens with zero attached hydrogens (tertiary/aromatic N) is 2. The molecule has 5 nitrogen and oxygen atoms in total. The molecule has 1 radical (unpaired) electrons. The van der Waals surface area contributed by atoms with Gasteiger partial charge in [-0.15, -0.1) is 10.2 Å². The first-order valence-electron chi connectivity index (χ1n) is 9.43. The van der Waals surface area contributed by atoms with Crippen LogP contribution in [0.3, 0.4) is 0 Å². The van der Waals surface area contributed by atoms with E-state index in [2.05, 4.69) is 10.2 Å². The van der Waals surface area contributed by atoms with E-state index in [4.69, 9.17) is 5.73 Å². The summed E-state index contributed by atoms with van der Waals surface area (Å²) in [7, 11) is 0. The third-order valence-electron chi connectivity index (χ3n) is 5.22. The second-order valence-corrected chi connectivity index (χ2v) is 7.66. The molecule has 0 aliphatic heterocycles. The molecule has 0 amide bonds. The molecule has 4 aromatic carbocycles. The average molecular weight is 449 g/mol. The van der Waals surface area contributed by atoms with Crippen molar-refractivity contribution in [1.82, 2.24) is 0 Å². The summed E-state index contributed by atoms with van der Waals surface area (Å²) in [6.45, 7) is 7.80. The van der Waals surface area contributed by atoms with Crippen molar-refractivity contribution in [3.8, 4) is 11.5 Å². The summed E-state index contributed by atoms with van der Waals surface area (Å²) in [4.78, 5) is 0. The van der Waals surface area contributed by atoms with Gasteiger partial charge in [-0.1, -0.05) is 29.8 Å². The maximum absolute atomic E-state index is 10.8. The molecule has 6 heteroatoms. The van der Waals surface area contributed by atoms with E-state index >= 15 is 0 Å². The van der Waals surface area contributed by atoms with Crippen LogP contribution in [0.4, 0.5) is 17.1 Å². The van der Waals surface area contributed by atoms with Crippen LogP contribution in [0.25, 0.3) is 21.5 Å². The van der Waals surface area contributed by atoms with E-state index < -0.39 is 0 Å². The monoisotopic (exact) mass is 448 g/mol. The van der Waals surface area contributed by atoms with Gasteiger partial charge >= 0.3 is 0 Å². The van der Waals surface area contributed by atoms with Gasteiger partial charge in [0.1, 0.15) is 11.4 Å². The molecule has 0 aliphatic rings. The first-order valence-corrected chi connectivity index (χ1v) is 9.43. The minimum atomic E-state index is -0.00617. The van der Waals surface area contributed by atoms with Crippen molar-refractivity contribution in [2.24, 2.45) is 10.2 Å². The van der Waals surface area contributed by atoms with Crippen molar-refractivity contribution in [2.45, 2.75) is 27.7 Å². The maximum Gasteiger partial charge on any atom is 0.153 e. The first kappa shape index (κ1) is 21.6. The Hall–Kier alpha value is -3.08. The van der Waals surface area contributed by atoms with E-state index in [1.807, 2.05) is 64.1 Å². The van der Waals surface area contributed by atoms with Gasteiger partial charge in [-0.05, 0) is 73.4 Å². The molecule has 0 saturated carbocycles. The SMILES string of the molecule is Cc1cc(C)c2c(O)c(N=Nc3c(C)cc4cc(C)cc(N)c4c3O)ccc2c1.[Cu]. The minimum absolute atomic E-state index is 0. The Bertz CT molecular complexity index is 1330. The quantitative estimate of drug-likeness (QED) is 0.182. The predicted molar refractivity (Wildman–Crippen MR) is 119 cm³/mol. The van der Waals surface area contributed by atoms with Crippen molar-refractivity contribution >= 4 is 38.6 Å². The van der Waals surface area contributed by atoms with Crippen LogP contribution in [0.15, 0.2) is 52.7 Å². The summed E-state index contributed by atoms with van der Waals surface area (Å²) in [5.74, 6) is 0.0742. The summed E-state index contributed by atoms with van der Waals surface area (Å²) >= 11 is 0. The molecule has 0 atom stereocenters. The summed E-state index contributed by atoms with van der Waals surface area (Å²) < 4.78 is 0. The van der Waals surface area contributed by atoms with Crippen molar-refractivity contribution < 1.29 is 27.3 Å². The number of phenolic OH excluding ortho intramolecular Hbond substituents is 2. The smallest absolute Gasteiger partial charge is 0.153 e. The van der Waals surface area contributed by atoms with Crippen LogP contribution < -0.4 is 5.73 Å². The number of benzene rings is 4. The molecule has 0 aromatic heterocycles. The van der Waals surface area contributed by atoms with Crippen LogP contribution in [0.2, 0.25) is 0 Å². The van der Waals surface area contributed by atoms with E-state index in [-0.39, 0.29) is 28.6 Å². The van der Waals surface area contributed by atoms with Gasteiger partial charge in [0.2, 0.25) is 0 Å². The number of aromatic hydroxyl groups is 2. The van der Waals surface area contributed by atoms with E-state index in [0.717, 1.165) is 38.4 Å². The fraction of sp³-hybridized carbons (Fsp3) is 0.167. The standard InChI is InChI=1S/C24H23N3O2.Cu/c1-12-7-14(3)20-16(8-12)5-6-19(23(20)28)26-27-22-15(4)11-17-9-13(2)10-18(25)21(17)24(22)29;/h5-11,28-29H,25H2,1-4H3;. The average Bonchev–Trinajstić information content (AvgIpc) is 2.61. The fourth-order valence-corrected chi connectivity index (χ4v) is 3.98. The molecule has 0 aliphatic carbocycles. The molecule has 0 heterocycles. The molecule has 0 fully saturated rings. The number of fused-ring (bicyclic) bond motifs is 2. The Labute approximate surface area is 185 Å². The zero-order valence-electron chi connectivity index (χ0n) is 17.2. The third kappa shape index (κ3) is 3.60. The van der Waals surface area contributed by atoms with E-state index in [0.29, 0.717) is 22.4 Å². The molecule has 157 valence electrons. The van der Waals surface area contributed by atoms with Crippen LogP contribution in [0, 0.1) is 27.7 Å². The number of hydrogen-bond acceptors (Lipinski definition) is 5. The topological polar surface area (TPSA) is 91.2 Å². The molecule has 0 spiro atoms. The van der Waals surface area contributed by atoms with Gasteiger partial charge < -0.3 is 15.9 Å². The van der Waals surface area contributed by atoms with Crippen LogP contribution in [0.1, 0.15) is 22.3 Å². The normalized spacial score (nSPS) is 11.3. The Morgan fingerprint density at radius 3 is 2.10 bits per heavy atom. The molecule has 30 heavy (non-hydrogen) atoms. The number of aryl methyl sites for hydroxylation is 4. The number of nitrogen functional groups attached to an aromatic ring is 1. The van der Waals surface area contributed by atoms with Gasteiger partial charge in [-0.2, -0.15) is 0 Å². The number of phenols is 2. The summed E-state index contributed by atoms with van der Waals surface area (Å²) in [5.41, 5.74) is 11.2. The summed E-state index contributed by atoms with van der Waals surface area (Å²) in [5, 5.41) is 33.2. The molecule has 4 aromatic rings. The maximum atomic E-state index is 10.8. The van der Waals surface area contributed by atoms with Gasteiger partial charge in [0.05, 0.1) is 0 Å². The second-order valence-electron chi connectivity index (χ2n) is 7.66. The zero-order valence-corrected chi connectivity index (χ0v) is 18.2. The van der Waals surface area contributed by atoms with Crippen LogP contribution >= 0.6 is 0 Å².